The Hall–Kier alpha value is -3.20. The Morgan fingerprint density at radius 3 is 2.67 bits per heavy atom. The molecule has 8 heteroatoms. The van der Waals surface area contributed by atoms with E-state index in [4.69, 9.17) is 19.3 Å². The molecule has 2 aliphatic rings. The smallest absolute Gasteiger partial charge is 0.255 e. The fourth-order valence-corrected chi connectivity index (χ4v) is 5.01. The molecule has 0 radical (unpaired) electrons. The van der Waals surface area contributed by atoms with Gasteiger partial charge in [0.05, 0.1) is 38.2 Å². The van der Waals surface area contributed by atoms with Crippen LogP contribution < -0.4 is 10.1 Å². The average molecular weight is 491 g/mol. The third kappa shape index (κ3) is 5.46. The maximum atomic E-state index is 13.6. The van der Waals surface area contributed by atoms with Crippen LogP contribution in [0.15, 0.2) is 54.7 Å². The number of benzene rings is 2. The molecule has 0 bridgehead atoms. The number of morpholine rings is 1. The lowest BCUT2D eigenvalue weighted by Gasteiger charge is -2.37. The first-order valence-corrected chi connectivity index (χ1v) is 12.6. The van der Waals surface area contributed by atoms with Crippen molar-refractivity contribution in [2.75, 3.05) is 53.2 Å². The normalized spacial score (nSPS) is 19.2. The van der Waals surface area contributed by atoms with Gasteiger partial charge in [-0.2, -0.15) is 5.10 Å². The highest BCUT2D eigenvalue weighted by molar-refractivity contribution is 6.00. The number of ether oxygens (including phenoxy) is 3. The Bertz CT molecular complexity index is 1160. The summed E-state index contributed by atoms with van der Waals surface area (Å²) >= 11 is 0. The van der Waals surface area contributed by atoms with Crippen molar-refractivity contribution in [2.24, 2.45) is 5.92 Å². The predicted molar refractivity (Wildman–Crippen MR) is 138 cm³/mol. The molecule has 36 heavy (non-hydrogen) atoms. The second-order valence-electron chi connectivity index (χ2n) is 9.45. The minimum Gasteiger partial charge on any atom is -0.497 e. The van der Waals surface area contributed by atoms with Gasteiger partial charge < -0.3 is 19.5 Å². The third-order valence-electron chi connectivity index (χ3n) is 7.10. The number of aromatic nitrogens is 2. The summed E-state index contributed by atoms with van der Waals surface area (Å²) in [5.41, 5.74) is 4.06. The first kappa shape index (κ1) is 24.5. The Kier molecular flexibility index (Phi) is 7.65. The van der Waals surface area contributed by atoms with Crippen molar-refractivity contribution in [3.05, 3.63) is 65.9 Å². The zero-order valence-corrected chi connectivity index (χ0v) is 21.0. The molecule has 2 atom stereocenters. The standard InChI is InChI=1S/C28H34N4O4/c1-20-6-8-23(9-7-20)32-18-25(27(30-32)21-4-3-5-24(16-21)34-2)28(33)29-17-26(22-10-13-36-19-22)31-11-14-35-15-12-31/h3-9,16,18,22,26H,10-15,17,19H2,1-2H3,(H,29,33). The van der Waals surface area contributed by atoms with Gasteiger partial charge >= 0.3 is 0 Å². The lowest BCUT2D eigenvalue weighted by atomic mass is 9.96. The van der Waals surface area contributed by atoms with Crippen LogP contribution in [0.5, 0.6) is 5.75 Å². The summed E-state index contributed by atoms with van der Waals surface area (Å²) in [5, 5.41) is 8.05. The molecule has 2 aliphatic heterocycles. The lowest BCUT2D eigenvalue weighted by molar-refractivity contribution is 0.00166. The molecule has 190 valence electrons. The van der Waals surface area contributed by atoms with Crippen molar-refractivity contribution in [3.63, 3.8) is 0 Å². The van der Waals surface area contributed by atoms with Crippen LogP contribution in [0.3, 0.4) is 0 Å². The summed E-state index contributed by atoms with van der Waals surface area (Å²) in [6.07, 6.45) is 2.83. The molecule has 3 aromatic rings. The van der Waals surface area contributed by atoms with Crippen molar-refractivity contribution < 1.29 is 19.0 Å². The first-order valence-electron chi connectivity index (χ1n) is 12.6. The molecule has 5 rings (SSSR count). The van der Waals surface area contributed by atoms with Gasteiger partial charge in [0, 0.05) is 50.0 Å². The summed E-state index contributed by atoms with van der Waals surface area (Å²) in [6.45, 7) is 7.31. The van der Waals surface area contributed by atoms with E-state index in [1.165, 1.54) is 5.56 Å². The van der Waals surface area contributed by atoms with Crippen molar-refractivity contribution in [2.45, 2.75) is 19.4 Å². The maximum absolute atomic E-state index is 13.6. The third-order valence-corrected chi connectivity index (χ3v) is 7.10. The van der Waals surface area contributed by atoms with E-state index in [1.807, 2.05) is 61.7 Å². The van der Waals surface area contributed by atoms with Crippen LogP contribution in [0, 0.1) is 12.8 Å². The summed E-state index contributed by atoms with van der Waals surface area (Å²) < 4.78 is 18.4. The van der Waals surface area contributed by atoms with Crippen LogP contribution in [0.4, 0.5) is 0 Å². The molecular formula is C28H34N4O4. The molecule has 1 aromatic heterocycles. The van der Waals surface area contributed by atoms with E-state index in [-0.39, 0.29) is 11.9 Å². The second-order valence-corrected chi connectivity index (χ2v) is 9.45. The molecule has 0 saturated carbocycles. The number of amides is 1. The Labute approximate surface area is 212 Å². The number of methoxy groups -OCH3 is 1. The summed E-state index contributed by atoms with van der Waals surface area (Å²) in [6, 6.07) is 16.0. The minimum atomic E-state index is -0.136. The largest absolute Gasteiger partial charge is 0.497 e. The highest BCUT2D eigenvalue weighted by Gasteiger charge is 2.32. The van der Waals surface area contributed by atoms with Gasteiger partial charge in [-0.05, 0) is 37.6 Å². The van der Waals surface area contributed by atoms with Crippen LogP contribution in [0.2, 0.25) is 0 Å². The van der Waals surface area contributed by atoms with E-state index < -0.39 is 0 Å². The Balaban J connectivity index is 1.42. The Morgan fingerprint density at radius 1 is 1.14 bits per heavy atom. The lowest BCUT2D eigenvalue weighted by Crippen LogP contribution is -2.52. The molecule has 2 unspecified atom stereocenters. The number of carbonyl (C=O) groups excluding carboxylic acids is 1. The van der Waals surface area contributed by atoms with Gasteiger partial charge in [0.25, 0.3) is 5.91 Å². The van der Waals surface area contributed by atoms with Gasteiger partial charge in [0.2, 0.25) is 0 Å². The highest BCUT2D eigenvalue weighted by Crippen LogP contribution is 2.28. The van der Waals surface area contributed by atoms with E-state index in [9.17, 15) is 4.79 Å². The van der Waals surface area contributed by atoms with Crippen molar-refractivity contribution >= 4 is 5.91 Å². The van der Waals surface area contributed by atoms with Crippen LogP contribution >= 0.6 is 0 Å². The molecule has 2 saturated heterocycles. The van der Waals surface area contributed by atoms with Crippen LogP contribution in [-0.4, -0.2) is 79.8 Å². The van der Waals surface area contributed by atoms with Gasteiger partial charge in [-0.1, -0.05) is 29.8 Å². The number of carbonyl (C=O) groups is 1. The summed E-state index contributed by atoms with van der Waals surface area (Å²) in [7, 11) is 1.64. The number of nitrogens with one attached hydrogen (secondary N) is 1. The summed E-state index contributed by atoms with van der Waals surface area (Å²) in [5.74, 6) is 0.984. The topological polar surface area (TPSA) is 77.9 Å². The van der Waals surface area contributed by atoms with Crippen molar-refractivity contribution in [1.29, 1.82) is 0 Å². The van der Waals surface area contributed by atoms with Gasteiger partial charge in [-0.15, -0.1) is 0 Å². The highest BCUT2D eigenvalue weighted by atomic mass is 16.5. The number of hydrogen-bond acceptors (Lipinski definition) is 6. The molecule has 3 heterocycles. The van der Waals surface area contributed by atoms with Crippen molar-refractivity contribution in [1.82, 2.24) is 20.0 Å². The van der Waals surface area contributed by atoms with E-state index in [2.05, 4.69) is 10.2 Å². The van der Waals surface area contributed by atoms with E-state index in [1.54, 1.807) is 11.8 Å². The zero-order chi connectivity index (χ0) is 24.9. The van der Waals surface area contributed by atoms with Crippen LogP contribution in [-0.2, 0) is 9.47 Å². The molecular weight excluding hydrogens is 456 g/mol. The number of aryl methyl sites for hydroxylation is 1. The molecule has 0 aliphatic carbocycles. The van der Waals surface area contributed by atoms with Crippen molar-refractivity contribution in [3.8, 4) is 22.7 Å². The van der Waals surface area contributed by atoms with E-state index in [0.717, 1.165) is 62.9 Å². The zero-order valence-electron chi connectivity index (χ0n) is 21.0. The van der Waals surface area contributed by atoms with Crippen LogP contribution in [0.25, 0.3) is 16.9 Å². The van der Waals surface area contributed by atoms with Crippen LogP contribution in [0.1, 0.15) is 22.3 Å². The monoisotopic (exact) mass is 490 g/mol. The minimum absolute atomic E-state index is 0.136. The molecule has 0 spiro atoms. The average Bonchev–Trinajstić information content (AvgIpc) is 3.61. The SMILES string of the molecule is COc1cccc(-c2nn(-c3ccc(C)cc3)cc2C(=O)NCC(C2CCOC2)N2CCOCC2)c1. The summed E-state index contributed by atoms with van der Waals surface area (Å²) in [4.78, 5) is 16.1. The van der Waals surface area contributed by atoms with E-state index >= 15 is 0 Å². The predicted octanol–water partition coefficient (Wildman–Crippen LogP) is 3.32. The van der Waals surface area contributed by atoms with Gasteiger partial charge in [-0.3, -0.25) is 9.69 Å². The van der Waals surface area contributed by atoms with E-state index in [0.29, 0.717) is 23.7 Å². The first-order chi connectivity index (χ1) is 17.6. The second kappa shape index (κ2) is 11.2. The molecule has 1 N–H and O–H groups in total. The molecule has 8 nitrogen and oxygen atoms in total. The Morgan fingerprint density at radius 2 is 1.94 bits per heavy atom. The van der Waals surface area contributed by atoms with Gasteiger partial charge in [0.15, 0.2) is 0 Å². The molecule has 1 amide bonds. The molecule has 2 aromatic carbocycles. The number of nitrogens with zero attached hydrogens (tertiary/aromatic N) is 3. The fraction of sp³-hybridized carbons (Fsp3) is 0.429. The fourth-order valence-electron chi connectivity index (χ4n) is 5.01. The quantitative estimate of drug-likeness (QED) is 0.522. The van der Waals surface area contributed by atoms with Gasteiger partial charge in [-0.25, -0.2) is 4.68 Å². The maximum Gasteiger partial charge on any atom is 0.255 e. The number of rotatable bonds is 8. The van der Waals surface area contributed by atoms with Gasteiger partial charge in [0.1, 0.15) is 11.4 Å². The molecule has 2 fully saturated rings. The number of hydrogen-bond donors (Lipinski definition) is 1.